The molecule has 3 nitrogen and oxygen atoms in total. The molecule has 0 aromatic heterocycles. The van der Waals surface area contributed by atoms with E-state index in [0.29, 0.717) is 12.1 Å². The average molecular weight is 287 g/mol. The van der Waals surface area contributed by atoms with Gasteiger partial charge >= 0.3 is 0 Å². The molecule has 2 heterocycles. The van der Waals surface area contributed by atoms with Crippen molar-refractivity contribution in [2.75, 3.05) is 39.3 Å². The minimum absolute atomic E-state index is 0.542. The molecule has 2 unspecified atom stereocenters. The van der Waals surface area contributed by atoms with Gasteiger partial charge in [0.15, 0.2) is 0 Å². The molecule has 2 atom stereocenters. The fourth-order valence-electron chi connectivity index (χ4n) is 3.72. The van der Waals surface area contributed by atoms with Crippen LogP contribution in [0.4, 0.5) is 0 Å². The number of hydrogen-bond acceptors (Lipinski definition) is 3. The molecule has 1 aromatic carbocycles. The van der Waals surface area contributed by atoms with E-state index in [-0.39, 0.29) is 0 Å². The van der Waals surface area contributed by atoms with Gasteiger partial charge in [-0.2, -0.15) is 0 Å². The Morgan fingerprint density at radius 3 is 2.52 bits per heavy atom. The van der Waals surface area contributed by atoms with Crippen LogP contribution in [-0.4, -0.2) is 55.1 Å². The van der Waals surface area contributed by atoms with Gasteiger partial charge in [0.2, 0.25) is 0 Å². The third-order valence-corrected chi connectivity index (χ3v) is 5.04. The Kier molecular flexibility index (Phi) is 4.94. The van der Waals surface area contributed by atoms with Crippen LogP contribution in [0.25, 0.3) is 0 Å². The predicted octanol–water partition coefficient (Wildman–Crippen LogP) is 2.43. The van der Waals surface area contributed by atoms with Crippen molar-refractivity contribution in [3.8, 4) is 0 Å². The molecule has 2 aliphatic heterocycles. The van der Waals surface area contributed by atoms with Crippen molar-refractivity contribution in [2.45, 2.75) is 38.8 Å². The van der Waals surface area contributed by atoms with Crippen molar-refractivity contribution in [3.05, 3.63) is 35.4 Å². The minimum Gasteiger partial charge on any atom is -0.314 e. The SMILES string of the molecule is Cc1ccc(C(CN2CCCC2)N2CCNCC2C)cc1. The van der Waals surface area contributed by atoms with Gasteiger partial charge < -0.3 is 10.2 Å². The van der Waals surface area contributed by atoms with E-state index >= 15 is 0 Å². The van der Waals surface area contributed by atoms with Gasteiger partial charge in [-0.25, -0.2) is 0 Å². The first-order valence-corrected chi connectivity index (χ1v) is 8.49. The van der Waals surface area contributed by atoms with Gasteiger partial charge in [-0.1, -0.05) is 29.8 Å². The summed E-state index contributed by atoms with van der Waals surface area (Å²) >= 11 is 0. The summed E-state index contributed by atoms with van der Waals surface area (Å²) in [5.41, 5.74) is 2.84. The smallest absolute Gasteiger partial charge is 0.0479 e. The third kappa shape index (κ3) is 3.65. The first-order valence-electron chi connectivity index (χ1n) is 8.49. The Balaban J connectivity index is 1.80. The highest BCUT2D eigenvalue weighted by Gasteiger charge is 2.29. The fraction of sp³-hybridized carbons (Fsp3) is 0.667. The summed E-state index contributed by atoms with van der Waals surface area (Å²) in [5.74, 6) is 0. The highest BCUT2D eigenvalue weighted by atomic mass is 15.3. The molecule has 2 saturated heterocycles. The van der Waals surface area contributed by atoms with Gasteiger partial charge in [0, 0.05) is 38.3 Å². The third-order valence-electron chi connectivity index (χ3n) is 5.04. The Hall–Kier alpha value is -0.900. The molecule has 0 saturated carbocycles. The topological polar surface area (TPSA) is 18.5 Å². The molecule has 0 spiro atoms. The molecule has 116 valence electrons. The maximum Gasteiger partial charge on any atom is 0.0479 e. The number of hydrogen-bond donors (Lipinski definition) is 1. The standard InChI is InChI=1S/C18H29N3/c1-15-5-7-17(8-6-15)18(14-20-10-3-4-11-20)21-12-9-19-13-16(21)2/h5-8,16,18-19H,3-4,9-14H2,1-2H3. The first-order chi connectivity index (χ1) is 10.2. The van der Waals surface area contributed by atoms with Crippen molar-refractivity contribution in [2.24, 2.45) is 0 Å². The summed E-state index contributed by atoms with van der Waals surface area (Å²) in [6.45, 7) is 11.7. The van der Waals surface area contributed by atoms with E-state index in [4.69, 9.17) is 0 Å². The van der Waals surface area contributed by atoms with E-state index in [1.54, 1.807) is 0 Å². The van der Waals surface area contributed by atoms with Gasteiger partial charge in [-0.3, -0.25) is 4.90 Å². The average Bonchev–Trinajstić information content (AvgIpc) is 3.00. The molecule has 0 amide bonds. The van der Waals surface area contributed by atoms with Crippen LogP contribution in [0.3, 0.4) is 0 Å². The highest BCUT2D eigenvalue weighted by molar-refractivity contribution is 5.25. The van der Waals surface area contributed by atoms with Crippen LogP contribution >= 0.6 is 0 Å². The Morgan fingerprint density at radius 1 is 1.14 bits per heavy atom. The maximum atomic E-state index is 3.52. The molecule has 21 heavy (non-hydrogen) atoms. The molecule has 0 bridgehead atoms. The van der Waals surface area contributed by atoms with Gasteiger partial charge in [-0.15, -0.1) is 0 Å². The molecule has 0 aliphatic carbocycles. The maximum absolute atomic E-state index is 3.52. The minimum atomic E-state index is 0.542. The highest BCUT2D eigenvalue weighted by Crippen LogP contribution is 2.26. The summed E-state index contributed by atoms with van der Waals surface area (Å²) in [5, 5.41) is 3.52. The van der Waals surface area contributed by atoms with Gasteiger partial charge in [0.25, 0.3) is 0 Å². The second kappa shape index (κ2) is 6.91. The van der Waals surface area contributed by atoms with E-state index in [9.17, 15) is 0 Å². The van der Waals surface area contributed by atoms with E-state index in [2.05, 4.69) is 53.2 Å². The normalized spacial score (nSPS) is 26.1. The number of likely N-dealkylation sites (tertiary alicyclic amines) is 1. The molecule has 1 N–H and O–H groups in total. The molecule has 3 rings (SSSR count). The largest absolute Gasteiger partial charge is 0.314 e. The summed E-state index contributed by atoms with van der Waals surface area (Å²) in [6, 6.07) is 10.4. The summed E-state index contributed by atoms with van der Waals surface area (Å²) in [4.78, 5) is 5.36. The molecule has 2 aliphatic rings. The zero-order valence-corrected chi connectivity index (χ0v) is 13.5. The van der Waals surface area contributed by atoms with E-state index < -0.39 is 0 Å². The van der Waals surface area contributed by atoms with Crippen LogP contribution in [0, 0.1) is 6.92 Å². The molecule has 2 fully saturated rings. The Morgan fingerprint density at radius 2 is 1.86 bits per heavy atom. The molecule has 1 aromatic rings. The van der Waals surface area contributed by atoms with Crippen LogP contribution in [0.2, 0.25) is 0 Å². The van der Waals surface area contributed by atoms with Gasteiger partial charge in [-0.05, 0) is 45.3 Å². The lowest BCUT2D eigenvalue weighted by Gasteiger charge is -2.41. The molecule has 0 radical (unpaired) electrons. The predicted molar refractivity (Wildman–Crippen MR) is 88.6 cm³/mol. The molecular formula is C18H29N3. The quantitative estimate of drug-likeness (QED) is 0.917. The lowest BCUT2D eigenvalue weighted by Crippen LogP contribution is -2.52. The second-order valence-electron chi connectivity index (χ2n) is 6.73. The van der Waals surface area contributed by atoms with E-state index in [1.807, 2.05) is 0 Å². The molecule has 3 heteroatoms. The van der Waals surface area contributed by atoms with Crippen LogP contribution < -0.4 is 5.32 Å². The van der Waals surface area contributed by atoms with Gasteiger partial charge in [0.05, 0.1) is 0 Å². The summed E-state index contributed by atoms with van der Waals surface area (Å²) in [6.07, 6.45) is 2.75. The van der Waals surface area contributed by atoms with Crippen LogP contribution in [0.1, 0.15) is 36.9 Å². The van der Waals surface area contributed by atoms with Crippen LogP contribution in [0.15, 0.2) is 24.3 Å². The van der Waals surface area contributed by atoms with E-state index in [0.717, 1.165) is 19.6 Å². The monoisotopic (exact) mass is 287 g/mol. The van der Waals surface area contributed by atoms with Crippen molar-refractivity contribution < 1.29 is 0 Å². The number of nitrogens with zero attached hydrogens (tertiary/aromatic N) is 2. The van der Waals surface area contributed by atoms with Crippen molar-refractivity contribution in [1.29, 1.82) is 0 Å². The van der Waals surface area contributed by atoms with Gasteiger partial charge in [0.1, 0.15) is 0 Å². The number of piperazine rings is 1. The lowest BCUT2D eigenvalue weighted by atomic mass is 10.0. The van der Waals surface area contributed by atoms with Crippen molar-refractivity contribution in [3.63, 3.8) is 0 Å². The zero-order chi connectivity index (χ0) is 14.7. The zero-order valence-electron chi connectivity index (χ0n) is 13.5. The van der Waals surface area contributed by atoms with E-state index in [1.165, 1.54) is 43.6 Å². The van der Waals surface area contributed by atoms with Crippen molar-refractivity contribution in [1.82, 2.24) is 15.1 Å². The Bertz CT molecular complexity index is 436. The first kappa shape index (κ1) is 15.0. The Labute approximate surface area is 129 Å². The van der Waals surface area contributed by atoms with Crippen LogP contribution in [-0.2, 0) is 0 Å². The van der Waals surface area contributed by atoms with Crippen molar-refractivity contribution >= 4 is 0 Å². The number of rotatable bonds is 4. The summed E-state index contributed by atoms with van der Waals surface area (Å²) < 4.78 is 0. The second-order valence-corrected chi connectivity index (χ2v) is 6.73. The number of benzene rings is 1. The number of nitrogens with one attached hydrogen (secondary N) is 1. The fourth-order valence-corrected chi connectivity index (χ4v) is 3.72. The number of aryl methyl sites for hydroxylation is 1. The summed E-state index contributed by atoms with van der Waals surface area (Å²) in [7, 11) is 0. The molecular weight excluding hydrogens is 258 g/mol. The van der Waals surface area contributed by atoms with Crippen LogP contribution in [0.5, 0.6) is 0 Å². The lowest BCUT2D eigenvalue weighted by molar-refractivity contribution is 0.0907.